The fourth-order valence-electron chi connectivity index (χ4n) is 2.75. The Bertz CT molecular complexity index is 425. The summed E-state index contributed by atoms with van der Waals surface area (Å²) < 4.78 is 5.43. The van der Waals surface area contributed by atoms with E-state index in [1.807, 2.05) is 0 Å². The highest BCUT2D eigenvalue weighted by molar-refractivity contribution is 5.35. The maximum absolute atomic E-state index is 6.33. The maximum atomic E-state index is 6.33. The van der Waals surface area contributed by atoms with Crippen molar-refractivity contribution in [1.82, 2.24) is 0 Å². The van der Waals surface area contributed by atoms with Crippen LogP contribution in [0.4, 0.5) is 0 Å². The first kappa shape index (κ1) is 10.3. The van der Waals surface area contributed by atoms with Crippen LogP contribution in [-0.2, 0) is 18.0 Å². The molecule has 1 heterocycles. The summed E-state index contributed by atoms with van der Waals surface area (Å²) in [6, 6.07) is 6.78. The van der Waals surface area contributed by atoms with Crippen molar-refractivity contribution in [3.63, 3.8) is 0 Å². The van der Waals surface area contributed by atoms with Crippen LogP contribution in [0.1, 0.15) is 43.0 Å². The number of rotatable bonds is 2. The molecule has 1 fully saturated rings. The lowest BCUT2D eigenvalue weighted by Gasteiger charge is -2.14. The second-order valence-corrected chi connectivity index (χ2v) is 5.85. The number of benzene rings is 1. The summed E-state index contributed by atoms with van der Waals surface area (Å²) in [5.74, 6) is 0.646. The molecular formula is C14H19NO. The second-order valence-electron chi connectivity index (χ2n) is 5.85. The van der Waals surface area contributed by atoms with Gasteiger partial charge in [-0.2, -0.15) is 0 Å². The molecule has 0 saturated heterocycles. The zero-order valence-electron chi connectivity index (χ0n) is 9.99. The van der Waals surface area contributed by atoms with Gasteiger partial charge in [-0.25, -0.2) is 0 Å². The van der Waals surface area contributed by atoms with Crippen LogP contribution in [0.5, 0.6) is 0 Å². The van der Waals surface area contributed by atoms with Crippen LogP contribution in [0.3, 0.4) is 0 Å². The second kappa shape index (κ2) is 3.31. The van der Waals surface area contributed by atoms with Gasteiger partial charge in [-0.15, -0.1) is 0 Å². The average Bonchev–Trinajstić information content (AvgIpc) is 2.72. The number of ether oxygens (including phenoxy) is 1. The number of hydrogen-bond donors (Lipinski definition) is 1. The Morgan fingerprint density at radius 2 is 2.00 bits per heavy atom. The van der Waals surface area contributed by atoms with Crippen LogP contribution in [0.15, 0.2) is 18.2 Å². The monoisotopic (exact) mass is 217 g/mol. The lowest BCUT2D eigenvalue weighted by atomic mass is 9.95. The number of nitrogens with two attached hydrogens (primary N) is 1. The van der Waals surface area contributed by atoms with Crippen molar-refractivity contribution in [3.05, 3.63) is 34.9 Å². The van der Waals surface area contributed by atoms with Gasteiger partial charge in [-0.1, -0.05) is 32.0 Å². The average molecular weight is 217 g/mol. The first-order chi connectivity index (χ1) is 7.58. The van der Waals surface area contributed by atoms with E-state index >= 15 is 0 Å². The molecular weight excluding hydrogens is 198 g/mol. The third-order valence-electron chi connectivity index (χ3n) is 4.15. The summed E-state index contributed by atoms with van der Waals surface area (Å²) in [7, 11) is 0. The highest BCUT2D eigenvalue weighted by Gasteiger charge is 2.49. The molecule has 1 aliphatic carbocycles. The molecule has 0 bridgehead atoms. The predicted molar refractivity (Wildman–Crippen MR) is 63.8 cm³/mol. The molecule has 2 aliphatic rings. The molecule has 1 aromatic rings. The zero-order chi connectivity index (χ0) is 11.3. The summed E-state index contributed by atoms with van der Waals surface area (Å²) in [4.78, 5) is 0. The molecule has 2 heteroatoms. The minimum atomic E-state index is 0.195. The highest BCUT2D eigenvalue weighted by Crippen LogP contribution is 2.57. The van der Waals surface area contributed by atoms with Gasteiger partial charge in [0, 0.05) is 6.04 Å². The first-order valence-corrected chi connectivity index (χ1v) is 6.03. The Balaban J connectivity index is 1.85. The van der Waals surface area contributed by atoms with E-state index in [1.54, 1.807) is 0 Å². The quantitative estimate of drug-likeness (QED) is 0.826. The normalized spacial score (nSPS) is 27.6. The molecule has 2 nitrogen and oxygen atoms in total. The van der Waals surface area contributed by atoms with E-state index in [0.717, 1.165) is 13.2 Å². The van der Waals surface area contributed by atoms with E-state index in [4.69, 9.17) is 10.5 Å². The van der Waals surface area contributed by atoms with E-state index < -0.39 is 0 Å². The van der Waals surface area contributed by atoms with Crippen molar-refractivity contribution in [1.29, 1.82) is 0 Å². The van der Waals surface area contributed by atoms with Crippen molar-refractivity contribution in [2.75, 3.05) is 0 Å². The van der Waals surface area contributed by atoms with Crippen LogP contribution in [0.2, 0.25) is 0 Å². The first-order valence-electron chi connectivity index (χ1n) is 6.03. The largest absolute Gasteiger partial charge is 0.372 e. The molecule has 2 unspecified atom stereocenters. The Hall–Kier alpha value is -0.860. The summed E-state index contributed by atoms with van der Waals surface area (Å²) in [5.41, 5.74) is 10.7. The van der Waals surface area contributed by atoms with Gasteiger partial charge in [0.1, 0.15) is 0 Å². The van der Waals surface area contributed by atoms with Crippen molar-refractivity contribution in [2.45, 2.75) is 39.5 Å². The van der Waals surface area contributed by atoms with Crippen LogP contribution in [0.25, 0.3) is 0 Å². The summed E-state index contributed by atoms with van der Waals surface area (Å²) in [6.45, 7) is 6.12. The van der Waals surface area contributed by atoms with Gasteiger partial charge in [-0.05, 0) is 34.4 Å². The third kappa shape index (κ3) is 1.57. The van der Waals surface area contributed by atoms with Crippen molar-refractivity contribution in [2.24, 2.45) is 17.1 Å². The van der Waals surface area contributed by atoms with E-state index in [-0.39, 0.29) is 6.04 Å². The maximum Gasteiger partial charge on any atom is 0.0725 e. The van der Waals surface area contributed by atoms with Gasteiger partial charge in [0.25, 0.3) is 0 Å². The summed E-state index contributed by atoms with van der Waals surface area (Å²) >= 11 is 0. The molecule has 1 aromatic carbocycles. The van der Waals surface area contributed by atoms with E-state index in [1.165, 1.54) is 23.1 Å². The van der Waals surface area contributed by atoms with Gasteiger partial charge in [0.15, 0.2) is 0 Å². The predicted octanol–water partition coefficient (Wildman–Crippen LogP) is 2.76. The van der Waals surface area contributed by atoms with E-state index in [9.17, 15) is 0 Å². The summed E-state index contributed by atoms with van der Waals surface area (Å²) in [6.07, 6.45) is 1.25. The van der Waals surface area contributed by atoms with Gasteiger partial charge in [-0.3, -0.25) is 0 Å². The van der Waals surface area contributed by atoms with Crippen LogP contribution in [-0.4, -0.2) is 0 Å². The molecule has 0 amide bonds. The Kier molecular flexibility index (Phi) is 2.13. The number of fused-ring (bicyclic) bond motifs is 1. The summed E-state index contributed by atoms with van der Waals surface area (Å²) in [5, 5.41) is 0. The van der Waals surface area contributed by atoms with Crippen molar-refractivity contribution in [3.8, 4) is 0 Å². The highest BCUT2D eigenvalue weighted by atomic mass is 16.5. The fraction of sp³-hybridized carbons (Fsp3) is 0.571. The van der Waals surface area contributed by atoms with Crippen molar-refractivity contribution < 1.29 is 4.74 Å². The minimum absolute atomic E-state index is 0.195. The molecule has 3 rings (SSSR count). The van der Waals surface area contributed by atoms with Crippen LogP contribution in [0, 0.1) is 11.3 Å². The standard InChI is InChI=1S/C14H19NO/c1-14(2)6-12(14)13(15)9-3-4-10-7-16-8-11(10)5-9/h3-5,12-13H,6-8,15H2,1-2H3. The molecule has 1 aliphatic heterocycles. The molecule has 2 N–H and O–H groups in total. The smallest absolute Gasteiger partial charge is 0.0725 e. The number of hydrogen-bond acceptors (Lipinski definition) is 2. The zero-order valence-corrected chi connectivity index (χ0v) is 9.99. The van der Waals surface area contributed by atoms with Crippen molar-refractivity contribution >= 4 is 0 Å². The molecule has 1 saturated carbocycles. The molecule has 16 heavy (non-hydrogen) atoms. The van der Waals surface area contributed by atoms with Crippen LogP contribution >= 0.6 is 0 Å². The van der Waals surface area contributed by atoms with Crippen LogP contribution < -0.4 is 5.73 Å². The molecule has 0 aromatic heterocycles. The Morgan fingerprint density at radius 1 is 1.31 bits per heavy atom. The molecule has 86 valence electrons. The van der Waals surface area contributed by atoms with Gasteiger partial charge in [0.2, 0.25) is 0 Å². The molecule has 2 atom stereocenters. The lowest BCUT2D eigenvalue weighted by molar-refractivity contribution is 0.134. The van der Waals surface area contributed by atoms with Gasteiger partial charge >= 0.3 is 0 Å². The van der Waals surface area contributed by atoms with E-state index in [0.29, 0.717) is 11.3 Å². The SMILES string of the molecule is CC1(C)CC1C(N)c1ccc2c(c1)COC2. The van der Waals surface area contributed by atoms with Gasteiger partial charge < -0.3 is 10.5 Å². The topological polar surface area (TPSA) is 35.2 Å². The Morgan fingerprint density at radius 3 is 2.69 bits per heavy atom. The molecule has 0 spiro atoms. The minimum Gasteiger partial charge on any atom is -0.372 e. The van der Waals surface area contributed by atoms with E-state index in [2.05, 4.69) is 32.0 Å². The third-order valence-corrected chi connectivity index (χ3v) is 4.15. The molecule has 0 radical (unpaired) electrons. The van der Waals surface area contributed by atoms with Gasteiger partial charge in [0.05, 0.1) is 13.2 Å². The fourth-order valence-corrected chi connectivity index (χ4v) is 2.75. The Labute approximate surface area is 96.8 Å². The lowest BCUT2D eigenvalue weighted by Crippen LogP contribution is -2.15.